The van der Waals surface area contributed by atoms with Gasteiger partial charge in [-0.05, 0) is 49.0 Å². The quantitative estimate of drug-likeness (QED) is 0.677. The Balaban J connectivity index is 2.18. The van der Waals surface area contributed by atoms with Gasteiger partial charge in [-0.1, -0.05) is 53.4 Å². The van der Waals surface area contributed by atoms with Crippen LogP contribution in [0.25, 0.3) is 5.57 Å². The molecule has 0 unspecified atom stereocenters. The number of rotatable bonds is 2. The average Bonchev–Trinajstić information content (AvgIpc) is 2.34. The van der Waals surface area contributed by atoms with Gasteiger partial charge in [0.2, 0.25) is 0 Å². The first-order chi connectivity index (χ1) is 7.81. The van der Waals surface area contributed by atoms with Crippen molar-refractivity contribution >= 4 is 21.5 Å². The lowest BCUT2D eigenvalue weighted by atomic mass is 9.81. The molecule has 1 aliphatic rings. The second kappa shape index (κ2) is 5.67. The molecule has 1 aromatic carbocycles. The summed E-state index contributed by atoms with van der Waals surface area (Å²) in [6.07, 6.45) is 9.27. The summed E-state index contributed by atoms with van der Waals surface area (Å²) in [6, 6.07) is 8.74. The Morgan fingerprint density at radius 1 is 1.12 bits per heavy atom. The molecule has 86 valence electrons. The Bertz CT molecular complexity index is 356. The van der Waals surface area contributed by atoms with Gasteiger partial charge in [0.05, 0.1) is 0 Å². The van der Waals surface area contributed by atoms with E-state index < -0.39 is 0 Å². The van der Waals surface area contributed by atoms with E-state index in [0.717, 1.165) is 10.4 Å². The van der Waals surface area contributed by atoms with Crippen LogP contribution in [-0.4, -0.2) is 0 Å². The lowest BCUT2D eigenvalue weighted by Crippen LogP contribution is -2.08. The van der Waals surface area contributed by atoms with Crippen molar-refractivity contribution < 1.29 is 0 Å². The van der Waals surface area contributed by atoms with E-state index in [-0.39, 0.29) is 0 Å². The van der Waals surface area contributed by atoms with Crippen LogP contribution in [0.5, 0.6) is 0 Å². The maximum absolute atomic E-state index is 3.49. The number of hydrogen-bond donors (Lipinski definition) is 0. The Labute approximate surface area is 107 Å². The fourth-order valence-electron chi connectivity index (χ4n) is 2.69. The summed E-state index contributed by atoms with van der Waals surface area (Å²) >= 11 is 3.49. The van der Waals surface area contributed by atoms with Gasteiger partial charge in [-0.15, -0.1) is 0 Å². The lowest BCUT2D eigenvalue weighted by Gasteiger charge is -2.24. The van der Waals surface area contributed by atoms with Crippen LogP contribution < -0.4 is 0 Å². The maximum atomic E-state index is 3.49. The van der Waals surface area contributed by atoms with Crippen molar-refractivity contribution in [2.45, 2.75) is 39.0 Å². The van der Waals surface area contributed by atoms with Gasteiger partial charge in [0.25, 0.3) is 0 Å². The van der Waals surface area contributed by atoms with Gasteiger partial charge in [-0.2, -0.15) is 0 Å². The standard InChI is InChI=1S/C15H19Br/c1-2-15(12-6-4-3-5-7-12)13-8-10-14(16)11-9-13/h2,8-12H,3-7H2,1H3. The molecule has 1 aliphatic carbocycles. The fourth-order valence-corrected chi connectivity index (χ4v) is 2.96. The molecule has 0 N–H and O–H groups in total. The summed E-state index contributed by atoms with van der Waals surface area (Å²) in [6.45, 7) is 2.17. The van der Waals surface area contributed by atoms with Gasteiger partial charge in [0, 0.05) is 4.47 Å². The first-order valence-corrected chi connectivity index (χ1v) is 7.02. The molecular formula is C15H19Br. The van der Waals surface area contributed by atoms with Crippen LogP contribution in [0.15, 0.2) is 34.8 Å². The third-order valence-electron chi connectivity index (χ3n) is 3.53. The second-order valence-corrected chi connectivity index (χ2v) is 5.50. The van der Waals surface area contributed by atoms with Crippen LogP contribution in [-0.2, 0) is 0 Å². The highest BCUT2D eigenvalue weighted by molar-refractivity contribution is 9.10. The average molecular weight is 279 g/mol. The molecule has 0 aromatic heterocycles. The predicted molar refractivity (Wildman–Crippen MR) is 74.4 cm³/mol. The Morgan fingerprint density at radius 2 is 1.75 bits per heavy atom. The SMILES string of the molecule is CC=C(c1ccc(Br)cc1)C1CCCCC1. The third-order valence-corrected chi connectivity index (χ3v) is 4.06. The minimum absolute atomic E-state index is 0.792. The highest BCUT2D eigenvalue weighted by atomic mass is 79.9. The molecule has 0 atom stereocenters. The van der Waals surface area contributed by atoms with Gasteiger partial charge in [0.15, 0.2) is 0 Å². The van der Waals surface area contributed by atoms with Crippen molar-refractivity contribution in [1.82, 2.24) is 0 Å². The third kappa shape index (κ3) is 2.76. The van der Waals surface area contributed by atoms with Crippen LogP contribution in [0.1, 0.15) is 44.6 Å². The van der Waals surface area contributed by atoms with Crippen molar-refractivity contribution in [2.75, 3.05) is 0 Å². The monoisotopic (exact) mass is 278 g/mol. The predicted octanol–water partition coefficient (Wildman–Crippen LogP) is 5.43. The van der Waals surface area contributed by atoms with E-state index in [1.807, 2.05) is 0 Å². The molecule has 1 fully saturated rings. The van der Waals surface area contributed by atoms with E-state index in [1.54, 1.807) is 5.57 Å². The molecule has 16 heavy (non-hydrogen) atoms. The van der Waals surface area contributed by atoms with Crippen molar-refractivity contribution in [1.29, 1.82) is 0 Å². The van der Waals surface area contributed by atoms with E-state index >= 15 is 0 Å². The Kier molecular flexibility index (Phi) is 4.22. The van der Waals surface area contributed by atoms with E-state index in [9.17, 15) is 0 Å². The van der Waals surface area contributed by atoms with Crippen molar-refractivity contribution in [3.63, 3.8) is 0 Å². The van der Waals surface area contributed by atoms with Crippen LogP contribution in [0.2, 0.25) is 0 Å². The summed E-state index contributed by atoms with van der Waals surface area (Å²) in [7, 11) is 0. The maximum Gasteiger partial charge on any atom is 0.0175 e. The summed E-state index contributed by atoms with van der Waals surface area (Å²) in [4.78, 5) is 0. The first-order valence-electron chi connectivity index (χ1n) is 6.23. The van der Waals surface area contributed by atoms with Gasteiger partial charge in [-0.3, -0.25) is 0 Å². The van der Waals surface area contributed by atoms with Crippen LogP contribution in [0.3, 0.4) is 0 Å². The molecule has 1 saturated carbocycles. The topological polar surface area (TPSA) is 0 Å². The van der Waals surface area contributed by atoms with Crippen molar-refractivity contribution in [3.8, 4) is 0 Å². The van der Waals surface area contributed by atoms with Crippen LogP contribution in [0, 0.1) is 5.92 Å². The molecule has 0 amide bonds. The first kappa shape index (κ1) is 11.9. The zero-order chi connectivity index (χ0) is 11.4. The van der Waals surface area contributed by atoms with Crippen molar-refractivity contribution in [3.05, 3.63) is 40.4 Å². The van der Waals surface area contributed by atoms with Gasteiger partial charge < -0.3 is 0 Å². The van der Waals surface area contributed by atoms with Gasteiger partial charge in [0.1, 0.15) is 0 Å². The fraction of sp³-hybridized carbons (Fsp3) is 0.467. The van der Waals surface area contributed by atoms with Gasteiger partial charge in [-0.25, -0.2) is 0 Å². The molecule has 0 heterocycles. The Morgan fingerprint density at radius 3 is 2.31 bits per heavy atom. The number of allylic oxidation sites excluding steroid dienone is 2. The molecule has 0 nitrogen and oxygen atoms in total. The molecule has 1 aromatic rings. The molecule has 0 spiro atoms. The summed E-state index contributed by atoms with van der Waals surface area (Å²) in [5.41, 5.74) is 2.95. The number of halogens is 1. The van der Waals surface area contributed by atoms with Crippen LogP contribution in [0.4, 0.5) is 0 Å². The zero-order valence-corrected chi connectivity index (χ0v) is 11.5. The van der Waals surface area contributed by atoms with E-state index in [0.29, 0.717) is 0 Å². The normalized spacial score (nSPS) is 18.8. The highest BCUT2D eigenvalue weighted by Gasteiger charge is 2.18. The highest BCUT2D eigenvalue weighted by Crippen LogP contribution is 2.35. The molecule has 1 heteroatoms. The largest absolute Gasteiger partial charge is 0.0836 e. The second-order valence-electron chi connectivity index (χ2n) is 4.59. The molecular weight excluding hydrogens is 260 g/mol. The van der Waals surface area contributed by atoms with E-state index in [4.69, 9.17) is 0 Å². The van der Waals surface area contributed by atoms with Crippen LogP contribution >= 0.6 is 15.9 Å². The summed E-state index contributed by atoms with van der Waals surface area (Å²) in [5, 5.41) is 0. The minimum Gasteiger partial charge on any atom is -0.0836 e. The molecule has 2 rings (SSSR count). The molecule has 0 radical (unpaired) electrons. The van der Waals surface area contributed by atoms with E-state index in [1.165, 1.54) is 37.7 Å². The lowest BCUT2D eigenvalue weighted by molar-refractivity contribution is 0.429. The van der Waals surface area contributed by atoms with Gasteiger partial charge >= 0.3 is 0 Å². The van der Waals surface area contributed by atoms with E-state index in [2.05, 4.69) is 53.2 Å². The summed E-state index contributed by atoms with van der Waals surface area (Å²) < 4.78 is 1.16. The number of benzene rings is 1. The van der Waals surface area contributed by atoms with Crippen molar-refractivity contribution in [2.24, 2.45) is 5.92 Å². The summed E-state index contributed by atoms with van der Waals surface area (Å²) in [5.74, 6) is 0.792. The number of hydrogen-bond acceptors (Lipinski definition) is 0. The smallest absolute Gasteiger partial charge is 0.0175 e. The molecule has 0 aliphatic heterocycles. The zero-order valence-electron chi connectivity index (χ0n) is 9.88. The molecule has 0 bridgehead atoms. The molecule has 0 saturated heterocycles. The Hall–Kier alpha value is -0.560. The minimum atomic E-state index is 0.792.